The number of halogens is 1. The van der Waals surface area contributed by atoms with Gasteiger partial charge in [0.1, 0.15) is 0 Å². The fourth-order valence-corrected chi connectivity index (χ4v) is 4.78. The van der Waals surface area contributed by atoms with Gasteiger partial charge in [0.05, 0.1) is 0 Å². The van der Waals surface area contributed by atoms with Crippen molar-refractivity contribution in [2.24, 2.45) is 0 Å². The van der Waals surface area contributed by atoms with Gasteiger partial charge in [-0.1, -0.05) is 68.8 Å². The molecule has 0 bridgehead atoms. The van der Waals surface area contributed by atoms with Crippen LogP contribution in [-0.4, -0.2) is 0 Å². The lowest BCUT2D eigenvalue weighted by Gasteiger charge is -2.23. The van der Waals surface area contributed by atoms with E-state index in [1.807, 2.05) is 12.1 Å². The van der Waals surface area contributed by atoms with Crippen LogP contribution in [0.5, 0.6) is 0 Å². The quantitative estimate of drug-likeness (QED) is 0.330. The van der Waals surface area contributed by atoms with Crippen molar-refractivity contribution in [1.29, 1.82) is 0 Å². The zero-order chi connectivity index (χ0) is 16.9. The third-order valence-corrected chi connectivity index (χ3v) is 5.94. The van der Waals surface area contributed by atoms with Gasteiger partial charge >= 0.3 is 0 Å². The maximum absolute atomic E-state index is 6.49. The second-order valence-electron chi connectivity index (χ2n) is 7.22. The predicted molar refractivity (Wildman–Crippen MR) is 108 cm³/mol. The van der Waals surface area contributed by atoms with Gasteiger partial charge in [0.2, 0.25) is 0 Å². The Balaban J connectivity index is 2.01. The van der Waals surface area contributed by atoms with Gasteiger partial charge in [-0.3, -0.25) is 0 Å². The molecule has 0 saturated carbocycles. The molecule has 0 atom stereocenters. The smallest absolute Gasteiger partial charge is 0.0499 e. The number of rotatable bonds is 1. The van der Waals surface area contributed by atoms with Crippen LogP contribution in [-0.2, 0) is 5.41 Å². The van der Waals surface area contributed by atoms with Gasteiger partial charge in [-0.15, -0.1) is 11.3 Å². The Kier molecular flexibility index (Phi) is 3.67. The van der Waals surface area contributed by atoms with Crippen molar-refractivity contribution in [2.75, 3.05) is 0 Å². The molecule has 24 heavy (non-hydrogen) atoms. The molecule has 0 unspecified atom stereocenters. The fourth-order valence-electron chi connectivity index (χ4n) is 3.34. The van der Waals surface area contributed by atoms with Gasteiger partial charge in [0, 0.05) is 25.2 Å². The third kappa shape index (κ3) is 2.53. The molecule has 0 aliphatic rings. The topological polar surface area (TPSA) is 0 Å². The average molecular weight is 351 g/mol. The van der Waals surface area contributed by atoms with Crippen LogP contribution in [0.4, 0.5) is 0 Å². The number of benzene rings is 3. The predicted octanol–water partition coefficient (Wildman–Crippen LogP) is 7.67. The third-order valence-electron chi connectivity index (χ3n) is 4.49. The van der Waals surface area contributed by atoms with Crippen molar-refractivity contribution < 1.29 is 0 Å². The molecule has 0 aliphatic heterocycles. The lowest BCUT2D eigenvalue weighted by atomic mass is 9.82. The summed E-state index contributed by atoms with van der Waals surface area (Å²) < 4.78 is 2.54. The fraction of sp³-hybridized carbons (Fsp3) is 0.182. The van der Waals surface area contributed by atoms with Gasteiger partial charge in [-0.2, -0.15) is 0 Å². The average Bonchev–Trinajstić information content (AvgIpc) is 2.93. The Bertz CT molecular complexity index is 1050. The minimum absolute atomic E-state index is 0.111. The summed E-state index contributed by atoms with van der Waals surface area (Å²) in [6.07, 6.45) is 0. The van der Waals surface area contributed by atoms with Crippen LogP contribution in [0.25, 0.3) is 31.3 Å². The summed E-state index contributed by atoms with van der Waals surface area (Å²) in [6.45, 7) is 6.80. The molecular formula is C22H19ClS. The van der Waals surface area contributed by atoms with E-state index >= 15 is 0 Å². The van der Waals surface area contributed by atoms with Gasteiger partial charge in [0.25, 0.3) is 0 Å². The Morgan fingerprint density at radius 1 is 0.833 bits per heavy atom. The van der Waals surface area contributed by atoms with Gasteiger partial charge in [0.15, 0.2) is 0 Å². The molecule has 0 N–H and O–H groups in total. The number of fused-ring (bicyclic) bond motifs is 3. The van der Waals surface area contributed by atoms with Crippen molar-refractivity contribution in [2.45, 2.75) is 26.2 Å². The van der Waals surface area contributed by atoms with E-state index in [0.29, 0.717) is 0 Å². The van der Waals surface area contributed by atoms with Crippen LogP contribution in [0, 0.1) is 0 Å². The first-order chi connectivity index (χ1) is 11.4. The van der Waals surface area contributed by atoms with Gasteiger partial charge < -0.3 is 0 Å². The summed E-state index contributed by atoms with van der Waals surface area (Å²) in [4.78, 5) is 0. The summed E-state index contributed by atoms with van der Waals surface area (Å²) in [5.74, 6) is 0. The van der Waals surface area contributed by atoms with Crippen molar-refractivity contribution in [3.8, 4) is 11.1 Å². The molecule has 0 saturated heterocycles. The van der Waals surface area contributed by atoms with E-state index in [-0.39, 0.29) is 5.41 Å². The highest BCUT2D eigenvalue weighted by Crippen LogP contribution is 2.41. The molecule has 0 fully saturated rings. The summed E-state index contributed by atoms with van der Waals surface area (Å²) in [5.41, 5.74) is 4.04. The SMILES string of the molecule is CC(C)(C)c1ccccc1-c1ccc2sc3cccc(Cl)c3c2c1. The van der Waals surface area contributed by atoms with Crippen molar-refractivity contribution >= 4 is 43.1 Å². The number of hydrogen-bond acceptors (Lipinski definition) is 1. The minimum atomic E-state index is 0.111. The molecule has 3 aromatic carbocycles. The second-order valence-corrected chi connectivity index (χ2v) is 8.71. The van der Waals surface area contributed by atoms with Crippen LogP contribution in [0.2, 0.25) is 5.02 Å². The van der Waals surface area contributed by atoms with Gasteiger partial charge in [-0.25, -0.2) is 0 Å². The Morgan fingerprint density at radius 2 is 1.62 bits per heavy atom. The molecule has 120 valence electrons. The molecule has 0 aliphatic carbocycles. The van der Waals surface area contributed by atoms with Crippen LogP contribution in [0.3, 0.4) is 0 Å². The molecule has 0 radical (unpaired) electrons. The molecule has 0 spiro atoms. The highest BCUT2D eigenvalue weighted by Gasteiger charge is 2.19. The first-order valence-corrected chi connectivity index (χ1v) is 9.35. The lowest BCUT2D eigenvalue weighted by molar-refractivity contribution is 0.592. The summed E-state index contributed by atoms with van der Waals surface area (Å²) >= 11 is 8.29. The van der Waals surface area contributed by atoms with Gasteiger partial charge in [-0.05, 0) is 46.4 Å². The molecule has 0 amide bonds. The second kappa shape index (κ2) is 5.61. The Morgan fingerprint density at radius 3 is 2.42 bits per heavy atom. The van der Waals surface area contributed by atoms with Crippen molar-refractivity contribution in [3.63, 3.8) is 0 Å². The van der Waals surface area contributed by atoms with Crippen molar-refractivity contribution in [1.82, 2.24) is 0 Å². The van der Waals surface area contributed by atoms with E-state index in [9.17, 15) is 0 Å². The van der Waals surface area contributed by atoms with Crippen molar-refractivity contribution in [3.05, 3.63) is 71.2 Å². The molecule has 1 aromatic heterocycles. The van der Waals surface area contributed by atoms with E-state index in [0.717, 1.165) is 5.02 Å². The number of thiophene rings is 1. The van der Waals surface area contributed by atoms with E-state index in [1.54, 1.807) is 11.3 Å². The maximum Gasteiger partial charge on any atom is 0.0499 e. The zero-order valence-electron chi connectivity index (χ0n) is 14.1. The monoisotopic (exact) mass is 350 g/mol. The molecule has 1 heterocycles. The van der Waals surface area contributed by atoms with E-state index in [4.69, 9.17) is 11.6 Å². The summed E-state index contributed by atoms with van der Waals surface area (Å²) in [7, 11) is 0. The molecule has 2 heteroatoms. The molecule has 4 aromatic rings. The highest BCUT2D eigenvalue weighted by atomic mass is 35.5. The minimum Gasteiger partial charge on any atom is -0.135 e. The number of hydrogen-bond donors (Lipinski definition) is 0. The largest absolute Gasteiger partial charge is 0.135 e. The van der Waals surface area contributed by atoms with E-state index in [1.165, 1.54) is 36.9 Å². The normalized spacial score (nSPS) is 12.2. The van der Waals surface area contributed by atoms with E-state index in [2.05, 4.69) is 69.3 Å². The van der Waals surface area contributed by atoms with Crippen LogP contribution in [0.1, 0.15) is 26.3 Å². The first-order valence-electron chi connectivity index (χ1n) is 8.16. The molecular weight excluding hydrogens is 332 g/mol. The van der Waals surface area contributed by atoms with E-state index < -0.39 is 0 Å². The Hall–Kier alpha value is -1.83. The van der Waals surface area contributed by atoms with Crippen LogP contribution in [0.15, 0.2) is 60.7 Å². The standard InChI is InChI=1S/C22H19ClS/c1-22(2,3)17-8-5-4-7-15(17)14-11-12-19-16(13-14)21-18(23)9-6-10-20(21)24-19/h4-13H,1-3H3. The Labute approximate surface area is 151 Å². The summed E-state index contributed by atoms with van der Waals surface area (Å²) in [5, 5.41) is 3.26. The summed E-state index contributed by atoms with van der Waals surface area (Å²) in [6, 6.07) is 21.6. The van der Waals surface area contributed by atoms with Crippen LogP contribution < -0.4 is 0 Å². The zero-order valence-corrected chi connectivity index (χ0v) is 15.6. The first kappa shape index (κ1) is 15.7. The lowest BCUT2D eigenvalue weighted by Crippen LogP contribution is -2.12. The molecule has 0 nitrogen and oxygen atoms in total. The van der Waals surface area contributed by atoms with Crippen LogP contribution >= 0.6 is 22.9 Å². The maximum atomic E-state index is 6.49. The highest BCUT2D eigenvalue weighted by molar-refractivity contribution is 7.26. The molecule has 4 rings (SSSR count).